The first kappa shape index (κ1) is 11.7. The van der Waals surface area contributed by atoms with Gasteiger partial charge in [0.1, 0.15) is 5.82 Å². The van der Waals surface area contributed by atoms with Crippen LogP contribution in [-0.2, 0) is 0 Å². The molecule has 2 aromatic rings. The summed E-state index contributed by atoms with van der Waals surface area (Å²) < 4.78 is 13.8. The molecule has 98 valence electrons. The van der Waals surface area contributed by atoms with E-state index < -0.39 is 0 Å². The standard InChI is InChI=1S/C17H16ClF/c18-17(16-12-6-3-7-13(12)16)14-8-9-15(19)11-5-2-1-4-10(11)14/h1-2,4-5,8-9,12-13,16-17H,3,6-7H2. The Morgan fingerprint density at radius 1 is 1.00 bits per heavy atom. The fourth-order valence-corrected chi connectivity index (χ4v) is 4.61. The Morgan fingerprint density at radius 3 is 2.42 bits per heavy atom. The van der Waals surface area contributed by atoms with Crippen LogP contribution in [0.2, 0.25) is 0 Å². The zero-order chi connectivity index (χ0) is 13.0. The number of fused-ring (bicyclic) bond motifs is 2. The molecule has 2 aromatic carbocycles. The molecule has 0 nitrogen and oxygen atoms in total. The lowest BCUT2D eigenvalue weighted by atomic mass is 9.96. The smallest absolute Gasteiger partial charge is 0.131 e. The normalized spacial score (nSPS) is 30.3. The van der Waals surface area contributed by atoms with Gasteiger partial charge in [-0.3, -0.25) is 0 Å². The van der Waals surface area contributed by atoms with Crippen LogP contribution < -0.4 is 0 Å². The van der Waals surface area contributed by atoms with Crippen molar-refractivity contribution in [3.63, 3.8) is 0 Å². The third-order valence-electron chi connectivity index (χ3n) is 5.01. The van der Waals surface area contributed by atoms with Crippen LogP contribution in [0.25, 0.3) is 10.8 Å². The summed E-state index contributed by atoms with van der Waals surface area (Å²) in [5.74, 6) is 2.11. The molecule has 0 aliphatic heterocycles. The van der Waals surface area contributed by atoms with Crippen LogP contribution in [0.5, 0.6) is 0 Å². The third-order valence-corrected chi connectivity index (χ3v) is 5.54. The Hall–Kier alpha value is -1.08. The fourth-order valence-electron chi connectivity index (χ4n) is 4.04. The van der Waals surface area contributed by atoms with E-state index in [4.69, 9.17) is 11.6 Å². The van der Waals surface area contributed by atoms with Gasteiger partial charge in [-0.2, -0.15) is 0 Å². The first-order chi connectivity index (χ1) is 9.27. The number of alkyl halides is 1. The average molecular weight is 275 g/mol. The maximum absolute atomic E-state index is 13.8. The van der Waals surface area contributed by atoms with Gasteiger partial charge in [-0.05, 0) is 47.6 Å². The highest BCUT2D eigenvalue weighted by Gasteiger charge is 2.55. The molecule has 4 rings (SSSR count). The Balaban J connectivity index is 1.77. The van der Waals surface area contributed by atoms with Crippen molar-refractivity contribution in [2.45, 2.75) is 24.6 Å². The van der Waals surface area contributed by atoms with E-state index in [2.05, 4.69) is 0 Å². The van der Waals surface area contributed by atoms with Crippen LogP contribution in [-0.4, -0.2) is 0 Å². The van der Waals surface area contributed by atoms with Gasteiger partial charge in [-0.15, -0.1) is 11.6 Å². The molecule has 3 atom stereocenters. The maximum atomic E-state index is 13.8. The predicted octanol–water partition coefficient (Wildman–Crippen LogP) is 5.30. The molecule has 2 aliphatic carbocycles. The Labute approximate surface area is 117 Å². The molecule has 2 fully saturated rings. The predicted molar refractivity (Wildman–Crippen MR) is 76.8 cm³/mol. The molecule has 2 aliphatic rings. The van der Waals surface area contributed by atoms with E-state index >= 15 is 0 Å². The Kier molecular flexibility index (Phi) is 2.60. The molecule has 0 radical (unpaired) electrons. The van der Waals surface area contributed by atoms with Crippen LogP contribution in [0.1, 0.15) is 30.2 Å². The number of hydrogen-bond acceptors (Lipinski definition) is 0. The van der Waals surface area contributed by atoms with Gasteiger partial charge in [0, 0.05) is 5.39 Å². The summed E-state index contributed by atoms with van der Waals surface area (Å²) in [6.45, 7) is 0. The van der Waals surface area contributed by atoms with Gasteiger partial charge in [-0.25, -0.2) is 4.39 Å². The second kappa shape index (κ2) is 4.21. The molecule has 3 unspecified atom stereocenters. The molecule has 2 heteroatoms. The van der Waals surface area contributed by atoms with Gasteiger partial charge < -0.3 is 0 Å². The summed E-state index contributed by atoms with van der Waals surface area (Å²) in [4.78, 5) is 0. The van der Waals surface area contributed by atoms with Crippen molar-refractivity contribution in [1.29, 1.82) is 0 Å². The van der Waals surface area contributed by atoms with Crippen LogP contribution >= 0.6 is 11.6 Å². The summed E-state index contributed by atoms with van der Waals surface area (Å²) in [5.41, 5.74) is 1.11. The van der Waals surface area contributed by atoms with E-state index in [1.54, 1.807) is 6.07 Å². The summed E-state index contributed by atoms with van der Waals surface area (Å²) in [7, 11) is 0. The molecule has 0 aromatic heterocycles. The van der Waals surface area contributed by atoms with E-state index in [0.29, 0.717) is 11.3 Å². The first-order valence-electron chi connectivity index (χ1n) is 7.08. The summed E-state index contributed by atoms with van der Waals surface area (Å²) in [5, 5.41) is 1.71. The van der Waals surface area contributed by atoms with Crippen molar-refractivity contribution < 1.29 is 4.39 Å². The topological polar surface area (TPSA) is 0 Å². The SMILES string of the molecule is Fc1ccc(C(Cl)C2C3CCCC32)c2ccccc12. The number of rotatable bonds is 2. The molecule has 0 spiro atoms. The van der Waals surface area contributed by atoms with Gasteiger partial charge in [-0.1, -0.05) is 36.8 Å². The van der Waals surface area contributed by atoms with Gasteiger partial charge in [0.2, 0.25) is 0 Å². The van der Waals surface area contributed by atoms with E-state index in [1.165, 1.54) is 19.3 Å². The lowest BCUT2D eigenvalue weighted by Crippen LogP contribution is -2.00. The molecular formula is C17H16ClF. The van der Waals surface area contributed by atoms with E-state index in [-0.39, 0.29) is 11.2 Å². The minimum absolute atomic E-state index is 0.0424. The largest absolute Gasteiger partial charge is 0.206 e. The number of halogens is 2. The van der Waals surface area contributed by atoms with Crippen molar-refractivity contribution >= 4 is 22.4 Å². The van der Waals surface area contributed by atoms with E-state index in [9.17, 15) is 4.39 Å². The number of hydrogen-bond donors (Lipinski definition) is 0. The van der Waals surface area contributed by atoms with Gasteiger partial charge in [0.15, 0.2) is 0 Å². The molecule has 0 saturated heterocycles. The molecule has 0 bridgehead atoms. The van der Waals surface area contributed by atoms with Crippen LogP contribution in [0.15, 0.2) is 36.4 Å². The molecule has 0 amide bonds. The van der Waals surface area contributed by atoms with Crippen molar-refractivity contribution in [3.8, 4) is 0 Å². The van der Waals surface area contributed by atoms with Gasteiger partial charge >= 0.3 is 0 Å². The molecule has 0 heterocycles. The lowest BCUT2D eigenvalue weighted by molar-refractivity contribution is 0.574. The van der Waals surface area contributed by atoms with Crippen molar-refractivity contribution in [2.24, 2.45) is 17.8 Å². The minimum atomic E-state index is -0.154. The van der Waals surface area contributed by atoms with Crippen LogP contribution in [0.3, 0.4) is 0 Å². The monoisotopic (exact) mass is 274 g/mol. The summed E-state index contributed by atoms with van der Waals surface area (Å²) in [6.07, 6.45) is 4.02. The molecular weight excluding hydrogens is 259 g/mol. The van der Waals surface area contributed by atoms with Crippen LogP contribution in [0.4, 0.5) is 4.39 Å². The second-order valence-corrected chi connectivity index (χ2v) is 6.39. The molecule has 19 heavy (non-hydrogen) atoms. The summed E-state index contributed by atoms with van der Waals surface area (Å²) >= 11 is 6.71. The lowest BCUT2D eigenvalue weighted by Gasteiger charge is -2.15. The van der Waals surface area contributed by atoms with E-state index in [0.717, 1.165) is 22.8 Å². The van der Waals surface area contributed by atoms with Gasteiger partial charge in [0.25, 0.3) is 0 Å². The fraction of sp³-hybridized carbons (Fsp3) is 0.412. The second-order valence-electron chi connectivity index (χ2n) is 5.92. The van der Waals surface area contributed by atoms with Crippen molar-refractivity contribution in [1.82, 2.24) is 0 Å². The zero-order valence-corrected chi connectivity index (χ0v) is 11.4. The minimum Gasteiger partial charge on any atom is -0.206 e. The maximum Gasteiger partial charge on any atom is 0.131 e. The van der Waals surface area contributed by atoms with Gasteiger partial charge in [0.05, 0.1) is 5.38 Å². The van der Waals surface area contributed by atoms with Crippen LogP contribution in [0, 0.1) is 23.6 Å². The highest BCUT2D eigenvalue weighted by molar-refractivity contribution is 6.22. The Morgan fingerprint density at radius 2 is 1.68 bits per heavy atom. The first-order valence-corrected chi connectivity index (χ1v) is 7.52. The molecule has 2 saturated carbocycles. The average Bonchev–Trinajstić information content (AvgIpc) is 2.92. The third kappa shape index (κ3) is 1.71. The number of benzene rings is 2. The summed E-state index contributed by atoms with van der Waals surface area (Å²) in [6, 6.07) is 11.1. The zero-order valence-electron chi connectivity index (χ0n) is 10.7. The quantitative estimate of drug-likeness (QED) is 0.652. The Bertz CT molecular complexity index is 626. The highest BCUT2D eigenvalue weighted by Crippen LogP contribution is 2.64. The van der Waals surface area contributed by atoms with E-state index in [1.807, 2.05) is 30.3 Å². The van der Waals surface area contributed by atoms with Crippen molar-refractivity contribution in [2.75, 3.05) is 0 Å². The molecule has 0 N–H and O–H groups in total. The highest BCUT2D eigenvalue weighted by atomic mass is 35.5. The van der Waals surface area contributed by atoms with Crippen molar-refractivity contribution in [3.05, 3.63) is 47.8 Å².